The number of aryl methyl sites for hydroxylation is 1. The lowest BCUT2D eigenvalue weighted by atomic mass is 10.1. The number of fused-ring (bicyclic) bond motifs is 1. The molecular weight excluding hydrogens is 517 g/mol. The van der Waals surface area contributed by atoms with Gasteiger partial charge in [0.25, 0.3) is 5.91 Å². The van der Waals surface area contributed by atoms with E-state index in [4.69, 9.17) is 4.98 Å². The number of aromatic nitrogens is 4. The number of hydrogen-bond acceptors (Lipinski definition) is 8. The smallest absolute Gasteiger partial charge is 0.354 e. The first-order valence-corrected chi connectivity index (χ1v) is 13.4. The third-order valence-corrected chi connectivity index (χ3v) is 7.75. The predicted octanol–water partition coefficient (Wildman–Crippen LogP) is 4.21. The van der Waals surface area contributed by atoms with Crippen LogP contribution in [0.4, 0.5) is 30.6 Å². The standard InChI is InChI=1S/C25H27F3N8OS/c1-15-10-21(33-32-15)29-20-12-22(35-8-6-34(7-9-35)17-2-3-17)31-24(30-20)38-18-4-5-19-16(11-18)13-36(23(19)37)14-25(26,27)28/h4-5,10-12,17H,2-3,6-9,13-14H2,1H3,(H2,29,30,31,32,33). The first-order chi connectivity index (χ1) is 18.2. The maximum Gasteiger partial charge on any atom is 0.406 e. The van der Waals surface area contributed by atoms with Crippen molar-refractivity contribution >= 4 is 35.1 Å². The number of benzene rings is 1. The van der Waals surface area contributed by atoms with Crippen LogP contribution in [0.5, 0.6) is 0 Å². The second-order valence-corrected chi connectivity index (χ2v) is 10.9. The Balaban J connectivity index is 1.23. The number of amides is 1. The number of carbonyl (C=O) groups is 1. The van der Waals surface area contributed by atoms with Crippen LogP contribution in [-0.4, -0.2) is 80.8 Å². The average molecular weight is 545 g/mol. The molecular formula is C25H27F3N8OS. The Morgan fingerprint density at radius 2 is 1.87 bits per heavy atom. The van der Waals surface area contributed by atoms with E-state index in [0.717, 1.165) is 53.5 Å². The number of alkyl halides is 3. The Morgan fingerprint density at radius 1 is 1.08 bits per heavy atom. The highest BCUT2D eigenvalue weighted by Crippen LogP contribution is 2.34. The molecule has 9 nitrogen and oxygen atoms in total. The van der Waals surface area contributed by atoms with Crippen LogP contribution >= 0.6 is 11.8 Å². The van der Waals surface area contributed by atoms with Gasteiger partial charge in [-0.1, -0.05) is 0 Å². The minimum Gasteiger partial charge on any atom is -0.354 e. The number of hydrogen-bond donors (Lipinski definition) is 2. The van der Waals surface area contributed by atoms with Crippen molar-refractivity contribution in [2.24, 2.45) is 0 Å². The summed E-state index contributed by atoms with van der Waals surface area (Å²) >= 11 is 1.31. The number of rotatable bonds is 7. The van der Waals surface area contributed by atoms with Crippen LogP contribution in [0.15, 0.2) is 40.4 Å². The Hall–Kier alpha value is -3.32. The van der Waals surface area contributed by atoms with Crippen molar-refractivity contribution in [3.63, 3.8) is 0 Å². The molecule has 1 saturated carbocycles. The Labute approximate surface area is 221 Å². The Bertz CT molecular complexity index is 1350. The van der Waals surface area contributed by atoms with Crippen LogP contribution in [0.1, 0.15) is 34.5 Å². The van der Waals surface area contributed by atoms with Crippen LogP contribution in [0.3, 0.4) is 0 Å². The number of H-pyrrole nitrogens is 1. The summed E-state index contributed by atoms with van der Waals surface area (Å²) in [6.45, 7) is 4.31. The first-order valence-electron chi connectivity index (χ1n) is 12.5. The highest BCUT2D eigenvalue weighted by Gasteiger charge is 2.37. The van der Waals surface area contributed by atoms with Gasteiger partial charge in [-0.2, -0.15) is 18.3 Å². The Kier molecular flexibility index (Phi) is 6.42. The number of halogens is 3. The molecule has 6 rings (SSSR count). The highest BCUT2D eigenvalue weighted by atomic mass is 32.2. The van der Waals surface area contributed by atoms with Gasteiger partial charge in [-0.15, -0.1) is 0 Å². The van der Waals surface area contributed by atoms with Crippen molar-refractivity contribution in [1.82, 2.24) is 30.0 Å². The number of piperazine rings is 1. The first kappa shape index (κ1) is 25.0. The monoisotopic (exact) mass is 544 g/mol. The summed E-state index contributed by atoms with van der Waals surface area (Å²) in [7, 11) is 0. The van der Waals surface area contributed by atoms with Gasteiger partial charge in [-0.3, -0.25) is 14.8 Å². The van der Waals surface area contributed by atoms with Gasteiger partial charge in [-0.05, 0) is 55.3 Å². The molecule has 4 heterocycles. The number of carbonyl (C=O) groups excluding carboxylic acids is 1. The molecule has 2 N–H and O–H groups in total. The zero-order chi connectivity index (χ0) is 26.4. The molecule has 1 aliphatic carbocycles. The summed E-state index contributed by atoms with van der Waals surface area (Å²) in [5.74, 6) is 1.45. The lowest BCUT2D eigenvalue weighted by Crippen LogP contribution is -2.47. The van der Waals surface area contributed by atoms with E-state index in [9.17, 15) is 18.0 Å². The van der Waals surface area contributed by atoms with Gasteiger partial charge in [0, 0.05) is 67.1 Å². The van der Waals surface area contributed by atoms with Crippen molar-refractivity contribution in [1.29, 1.82) is 0 Å². The van der Waals surface area contributed by atoms with E-state index >= 15 is 0 Å². The van der Waals surface area contributed by atoms with E-state index in [-0.39, 0.29) is 6.54 Å². The molecule has 0 unspecified atom stereocenters. The van der Waals surface area contributed by atoms with Crippen LogP contribution in [-0.2, 0) is 6.54 Å². The van der Waals surface area contributed by atoms with Gasteiger partial charge in [0.05, 0.1) is 0 Å². The molecule has 1 aromatic carbocycles. The molecule has 2 aliphatic heterocycles. The highest BCUT2D eigenvalue weighted by molar-refractivity contribution is 7.99. The quantitative estimate of drug-likeness (QED) is 0.428. The lowest BCUT2D eigenvalue weighted by Gasteiger charge is -2.35. The minimum absolute atomic E-state index is 0.0699. The average Bonchev–Trinajstić information content (AvgIpc) is 3.58. The summed E-state index contributed by atoms with van der Waals surface area (Å²) in [6.07, 6.45) is -1.87. The molecule has 1 saturated heterocycles. The molecule has 200 valence electrons. The number of anilines is 3. The molecule has 3 aromatic rings. The van der Waals surface area contributed by atoms with Crippen molar-refractivity contribution in [2.75, 3.05) is 42.9 Å². The second-order valence-electron chi connectivity index (χ2n) is 9.91. The predicted molar refractivity (Wildman–Crippen MR) is 137 cm³/mol. The molecule has 0 atom stereocenters. The van der Waals surface area contributed by atoms with Gasteiger partial charge in [0.2, 0.25) is 0 Å². The van der Waals surface area contributed by atoms with Gasteiger partial charge < -0.3 is 15.1 Å². The SMILES string of the molecule is Cc1cc(Nc2cc(N3CCN(C4CC4)CC3)nc(Sc3ccc4c(c3)CN(CC(F)(F)F)C4=O)n2)n[nH]1. The largest absolute Gasteiger partial charge is 0.406 e. The van der Waals surface area contributed by atoms with Crippen LogP contribution in [0.25, 0.3) is 0 Å². The molecule has 0 bridgehead atoms. The van der Waals surface area contributed by atoms with E-state index < -0.39 is 18.6 Å². The van der Waals surface area contributed by atoms with Gasteiger partial charge in [0.1, 0.15) is 18.2 Å². The van der Waals surface area contributed by atoms with Crippen LogP contribution in [0, 0.1) is 6.92 Å². The third kappa shape index (κ3) is 5.58. The normalized spacial score (nSPS) is 18.3. The van der Waals surface area contributed by atoms with E-state index in [1.807, 2.05) is 19.1 Å². The number of nitrogens with one attached hydrogen (secondary N) is 2. The summed E-state index contributed by atoms with van der Waals surface area (Å²) in [4.78, 5) is 28.3. The zero-order valence-electron chi connectivity index (χ0n) is 20.8. The maximum absolute atomic E-state index is 12.9. The van der Waals surface area contributed by atoms with Crippen LogP contribution < -0.4 is 10.2 Å². The van der Waals surface area contributed by atoms with E-state index in [1.165, 1.54) is 24.6 Å². The molecule has 13 heteroatoms. The van der Waals surface area contributed by atoms with Crippen molar-refractivity contribution < 1.29 is 18.0 Å². The molecule has 2 aromatic heterocycles. The number of aromatic amines is 1. The fourth-order valence-electron chi connectivity index (χ4n) is 4.92. The molecule has 0 spiro atoms. The molecule has 1 amide bonds. The fraction of sp³-hybridized carbons (Fsp3) is 0.440. The van der Waals surface area contributed by atoms with Crippen molar-refractivity contribution in [2.45, 2.75) is 48.6 Å². The maximum atomic E-state index is 12.9. The third-order valence-electron chi connectivity index (χ3n) is 6.89. The number of nitrogens with zero attached hydrogens (tertiary/aromatic N) is 6. The molecule has 2 fully saturated rings. The molecule has 38 heavy (non-hydrogen) atoms. The molecule has 3 aliphatic rings. The van der Waals surface area contributed by atoms with Crippen LogP contribution in [0.2, 0.25) is 0 Å². The molecule has 0 radical (unpaired) electrons. The fourth-order valence-corrected chi connectivity index (χ4v) is 5.76. The van der Waals surface area contributed by atoms with E-state index in [0.29, 0.717) is 27.9 Å². The summed E-state index contributed by atoms with van der Waals surface area (Å²) < 4.78 is 38.7. The minimum atomic E-state index is -4.44. The van der Waals surface area contributed by atoms with Gasteiger partial charge in [0.15, 0.2) is 11.0 Å². The van der Waals surface area contributed by atoms with Gasteiger partial charge in [-0.25, -0.2) is 9.97 Å². The van der Waals surface area contributed by atoms with Gasteiger partial charge >= 0.3 is 6.18 Å². The topological polar surface area (TPSA) is 93.3 Å². The second kappa shape index (κ2) is 9.77. The Morgan fingerprint density at radius 3 is 2.55 bits per heavy atom. The zero-order valence-corrected chi connectivity index (χ0v) is 21.6. The van der Waals surface area contributed by atoms with E-state index in [1.54, 1.807) is 18.2 Å². The van der Waals surface area contributed by atoms with E-state index in [2.05, 4.69) is 30.3 Å². The summed E-state index contributed by atoms with van der Waals surface area (Å²) in [6, 6.07) is 9.59. The van der Waals surface area contributed by atoms with Crippen molar-refractivity contribution in [3.05, 3.63) is 47.2 Å². The summed E-state index contributed by atoms with van der Waals surface area (Å²) in [5.41, 5.74) is 1.79. The summed E-state index contributed by atoms with van der Waals surface area (Å²) in [5, 5.41) is 10.9. The van der Waals surface area contributed by atoms with Crippen molar-refractivity contribution in [3.8, 4) is 0 Å². The lowest BCUT2D eigenvalue weighted by molar-refractivity contribution is -0.140.